The first-order chi connectivity index (χ1) is 2.56. The predicted octanol–water partition coefficient (Wildman–Crippen LogP) is 1.95. The summed E-state index contributed by atoms with van der Waals surface area (Å²) >= 11 is 8.44. The van der Waals surface area contributed by atoms with Gasteiger partial charge in [-0.05, 0) is 27.7 Å². The van der Waals surface area contributed by atoms with Crippen LogP contribution in [0.15, 0.2) is 0 Å². The highest BCUT2D eigenvalue weighted by Gasteiger charge is 2.23. The van der Waals surface area contributed by atoms with Crippen molar-refractivity contribution in [3.63, 3.8) is 0 Å². The molecule has 0 bridgehead atoms. The van der Waals surface area contributed by atoms with Gasteiger partial charge >= 0.3 is 4.77 Å². The van der Waals surface area contributed by atoms with Crippen molar-refractivity contribution in [2.24, 2.45) is 0 Å². The molecule has 0 amide bonds. The second-order valence-corrected chi connectivity index (χ2v) is 1.69. The first-order valence-corrected chi connectivity index (χ1v) is 1.68. The highest BCUT2D eigenvalue weighted by Crippen LogP contribution is 2.23. The summed E-state index contributed by atoms with van der Waals surface area (Å²) < 4.78 is 18.2. The summed E-state index contributed by atoms with van der Waals surface area (Å²) in [6, 6.07) is 0. The minimum atomic E-state index is -3.18. The van der Waals surface area contributed by atoms with E-state index in [4.69, 9.17) is 0 Å². The second-order valence-electron chi connectivity index (χ2n) is 0.523. The third-order valence-corrected chi connectivity index (χ3v) is 0.204. The highest BCUT2D eigenvalue weighted by molar-refractivity contribution is 6.45. The van der Waals surface area contributed by atoms with Crippen molar-refractivity contribution in [2.75, 3.05) is 0 Å². The molecule has 0 heterocycles. The van der Waals surface area contributed by atoms with Crippen molar-refractivity contribution in [3.05, 3.63) is 0 Å². The van der Waals surface area contributed by atoms with Gasteiger partial charge in [-0.25, -0.2) is 0 Å². The highest BCUT2D eigenvalue weighted by atomic mass is 35.5. The van der Waals surface area contributed by atoms with Gasteiger partial charge in [-0.3, -0.25) is 0 Å². The van der Waals surface area contributed by atoms with Gasteiger partial charge in [0.2, 0.25) is 0 Å². The Hall–Kier alpha value is 0.400. The number of rotatable bonds is 1. The maximum Gasteiger partial charge on any atom is 0.398 e. The van der Waals surface area contributed by atoms with Crippen LogP contribution in [0.25, 0.3) is 0 Å². The number of hydrogen-bond donors (Lipinski definition) is 0. The smallest absolute Gasteiger partial charge is 0.173 e. The second kappa shape index (κ2) is 1.91. The van der Waals surface area contributed by atoms with E-state index in [1.165, 1.54) is 0 Å². The fourth-order valence-corrected chi connectivity index (χ4v) is 0. The lowest BCUT2D eigenvalue weighted by Gasteiger charge is -1.96. The molecule has 0 atom stereocenters. The molecule has 5 heteroatoms. The van der Waals surface area contributed by atoms with Gasteiger partial charge in [0.1, 0.15) is 0 Å². The Morgan fingerprint density at radius 2 is 1.67 bits per heavy atom. The van der Waals surface area contributed by atoms with Gasteiger partial charge in [-0.1, -0.05) is 0 Å². The van der Waals surface area contributed by atoms with Crippen molar-refractivity contribution >= 4 is 23.2 Å². The van der Waals surface area contributed by atoms with Gasteiger partial charge in [0, 0.05) is 0 Å². The molecule has 38 valence electrons. The minimum Gasteiger partial charge on any atom is -0.173 e. The molecule has 0 fully saturated rings. The Kier molecular flexibility index (Phi) is 2.04. The Balaban J connectivity index is 3.17. The van der Waals surface area contributed by atoms with Crippen molar-refractivity contribution in [1.82, 2.24) is 0 Å². The first-order valence-electron chi connectivity index (χ1n) is 0.925. The predicted molar refractivity (Wildman–Crippen MR) is 17.7 cm³/mol. The minimum absolute atomic E-state index is 2.30. The van der Waals surface area contributed by atoms with E-state index in [9.17, 15) is 8.92 Å². The molecule has 0 aliphatic heterocycles. The van der Waals surface area contributed by atoms with Gasteiger partial charge in [0.05, 0.1) is 0 Å². The van der Waals surface area contributed by atoms with E-state index in [2.05, 4.69) is 28.1 Å². The monoisotopic (exact) mass is 136 g/mol. The average Bonchev–Trinajstić information content (AvgIpc) is 1.35. The van der Waals surface area contributed by atoms with Crippen molar-refractivity contribution in [2.45, 2.75) is 4.77 Å². The van der Waals surface area contributed by atoms with Crippen LogP contribution in [0.1, 0.15) is 0 Å². The Labute approximate surface area is 42.7 Å². The summed E-state index contributed by atoms with van der Waals surface area (Å²) in [7, 11) is 0. The standard InChI is InChI=1S/CCl2F2O/c2-1(3,4)6-5. The fraction of sp³-hybridized carbons (Fsp3) is 1.00. The van der Waals surface area contributed by atoms with Crippen LogP contribution in [0.3, 0.4) is 0 Å². The lowest BCUT2D eigenvalue weighted by molar-refractivity contribution is -0.211. The number of alkyl halides is 3. The van der Waals surface area contributed by atoms with E-state index in [0.29, 0.717) is 0 Å². The molecule has 6 heavy (non-hydrogen) atoms. The molecule has 0 unspecified atom stereocenters. The zero-order valence-corrected chi connectivity index (χ0v) is 3.93. The van der Waals surface area contributed by atoms with Crippen LogP contribution < -0.4 is 0 Å². The van der Waals surface area contributed by atoms with E-state index in [0.717, 1.165) is 0 Å². The summed E-state index contributed by atoms with van der Waals surface area (Å²) in [5, 5.41) is 0. The summed E-state index contributed by atoms with van der Waals surface area (Å²) in [5.74, 6) is 0. The van der Waals surface area contributed by atoms with E-state index in [1.807, 2.05) is 0 Å². The molecule has 0 aliphatic carbocycles. The Morgan fingerprint density at radius 1 is 1.50 bits per heavy atom. The molecule has 0 saturated heterocycles. The van der Waals surface area contributed by atoms with Gasteiger partial charge < -0.3 is 0 Å². The molecule has 1 nitrogen and oxygen atoms in total. The molecule has 0 radical (unpaired) electrons. The topological polar surface area (TPSA) is 9.23 Å². The van der Waals surface area contributed by atoms with Gasteiger partial charge in [-0.15, -0.1) is 4.94 Å². The van der Waals surface area contributed by atoms with Crippen molar-refractivity contribution in [3.8, 4) is 0 Å². The maximum absolute atomic E-state index is 11.1. The fourth-order valence-electron chi connectivity index (χ4n) is 0. The first kappa shape index (κ1) is 6.40. The van der Waals surface area contributed by atoms with Crippen LogP contribution in [0, 0.1) is 0 Å². The summed E-state index contributed by atoms with van der Waals surface area (Å²) in [4.78, 5) is 2.30. The van der Waals surface area contributed by atoms with E-state index in [-0.39, 0.29) is 0 Å². The third-order valence-electron chi connectivity index (χ3n) is 0.0875. The number of hydrogen-bond acceptors (Lipinski definition) is 1. The molecule has 0 saturated carbocycles. The maximum atomic E-state index is 11.1. The quantitative estimate of drug-likeness (QED) is 0.501. The molecule has 0 spiro atoms. The van der Waals surface area contributed by atoms with Crippen molar-refractivity contribution in [1.29, 1.82) is 0 Å². The van der Waals surface area contributed by atoms with E-state index in [1.54, 1.807) is 0 Å². The molecule has 0 aromatic carbocycles. The van der Waals surface area contributed by atoms with E-state index < -0.39 is 4.77 Å². The van der Waals surface area contributed by atoms with Crippen LogP contribution in [0.2, 0.25) is 0 Å². The zero-order valence-electron chi connectivity index (χ0n) is 2.42. The lowest BCUT2D eigenvalue weighted by Crippen LogP contribution is -2.01. The molecular weight excluding hydrogens is 137 g/mol. The van der Waals surface area contributed by atoms with Crippen LogP contribution in [0.4, 0.5) is 8.92 Å². The lowest BCUT2D eigenvalue weighted by atomic mass is 11.6. The molecule has 0 rings (SSSR count). The molecule has 0 aliphatic rings. The average molecular weight is 137 g/mol. The summed E-state index contributed by atoms with van der Waals surface area (Å²) in [6.45, 7) is 0. The zero-order chi connectivity index (χ0) is 5.21. The van der Waals surface area contributed by atoms with Crippen LogP contribution in [0.5, 0.6) is 0 Å². The van der Waals surface area contributed by atoms with Crippen LogP contribution in [-0.2, 0) is 4.94 Å². The SMILES string of the molecule is FOC(F)(Cl)Cl. The van der Waals surface area contributed by atoms with Crippen LogP contribution >= 0.6 is 23.2 Å². The largest absolute Gasteiger partial charge is 0.398 e. The van der Waals surface area contributed by atoms with Crippen LogP contribution in [-0.4, -0.2) is 4.77 Å². The van der Waals surface area contributed by atoms with Crippen molar-refractivity contribution < 1.29 is 13.9 Å². The Bertz CT molecular complexity index is 41.3. The molecular formula is CCl2F2O. The van der Waals surface area contributed by atoms with Gasteiger partial charge in [0.25, 0.3) is 0 Å². The number of halogens is 4. The molecule has 0 N–H and O–H groups in total. The molecule has 0 aromatic heterocycles. The Morgan fingerprint density at radius 3 is 1.67 bits per heavy atom. The van der Waals surface area contributed by atoms with Gasteiger partial charge in [0.15, 0.2) is 0 Å². The third kappa shape index (κ3) is 4.40. The molecule has 0 aromatic rings. The van der Waals surface area contributed by atoms with Gasteiger partial charge in [-0.2, -0.15) is 4.39 Å². The normalized spacial score (nSPS) is 12.0. The summed E-state index contributed by atoms with van der Waals surface area (Å²) in [5.41, 5.74) is 0. The summed E-state index contributed by atoms with van der Waals surface area (Å²) in [6.07, 6.45) is 0. The van der Waals surface area contributed by atoms with E-state index >= 15 is 0 Å².